The fraction of sp³-hybridized carbons (Fsp3) is 0.222. The van der Waals surface area contributed by atoms with Crippen molar-refractivity contribution >= 4 is 21.7 Å². The molecule has 0 bridgehead atoms. The van der Waals surface area contributed by atoms with Crippen LogP contribution < -0.4 is 9.50 Å². The van der Waals surface area contributed by atoms with Crippen molar-refractivity contribution in [1.29, 1.82) is 0 Å². The minimum atomic E-state index is -3.50. The van der Waals surface area contributed by atoms with Gasteiger partial charge in [0.2, 0.25) is 5.91 Å². The summed E-state index contributed by atoms with van der Waals surface area (Å²) in [6.07, 6.45) is 0.967. The summed E-state index contributed by atoms with van der Waals surface area (Å²) >= 11 is 0. The van der Waals surface area contributed by atoms with Gasteiger partial charge in [-0.25, -0.2) is 0 Å². The first-order valence-corrected chi connectivity index (χ1v) is 5.95. The summed E-state index contributed by atoms with van der Waals surface area (Å²) in [6.45, 7) is 1.39. The van der Waals surface area contributed by atoms with Crippen molar-refractivity contribution in [2.75, 3.05) is 11.6 Å². The summed E-state index contributed by atoms with van der Waals surface area (Å²) < 4.78 is 26.2. The molecule has 0 radical (unpaired) electrons. The molecular formula is C9H11NO4S. The van der Waals surface area contributed by atoms with Crippen LogP contribution in [0.3, 0.4) is 0 Å². The van der Waals surface area contributed by atoms with Crippen molar-refractivity contribution < 1.29 is 17.4 Å². The predicted octanol–water partition coefficient (Wildman–Crippen LogP) is 0.983. The van der Waals surface area contributed by atoms with Gasteiger partial charge in [0.25, 0.3) is 0 Å². The predicted molar refractivity (Wildman–Crippen MR) is 56.2 cm³/mol. The summed E-state index contributed by atoms with van der Waals surface area (Å²) in [6, 6.07) is 6.04. The Bertz CT molecular complexity index is 450. The number of benzene rings is 1. The zero-order chi connectivity index (χ0) is 11.5. The molecule has 1 N–H and O–H groups in total. The molecule has 0 saturated carbocycles. The van der Waals surface area contributed by atoms with Crippen molar-refractivity contribution in [3.8, 4) is 5.75 Å². The third-order valence-corrected chi connectivity index (χ3v) is 1.92. The van der Waals surface area contributed by atoms with E-state index in [1.165, 1.54) is 19.1 Å². The number of rotatable bonds is 3. The molecule has 1 rings (SSSR count). The van der Waals surface area contributed by atoms with E-state index in [-0.39, 0.29) is 11.7 Å². The van der Waals surface area contributed by atoms with Gasteiger partial charge in [0.1, 0.15) is 5.75 Å². The van der Waals surface area contributed by atoms with Crippen molar-refractivity contribution in [1.82, 2.24) is 0 Å². The molecule has 5 nitrogen and oxygen atoms in total. The Kier molecular flexibility index (Phi) is 3.31. The molecule has 1 aromatic carbocycles. The van der Waals surface area contributed by atoms with E-state index < -0.39 is 10.1 Å². The van der Waals surface area contributed by atoms with Gasteiger partial charge in [-0.1, -0.05) is 0 Å². The minimum Gasteiger partial charge on any atom is -0.383 e. The van der Waals surface area contributed by atoms with Crippen LogP contribution in [0, 0.1) is 0 Å². The quantitative estimate of drug-likeness (QED) is 0.784. The second kappa shape index (κ2) is 4.31. The molecule has 0 spiro atoms. The van der Waals surface area contributed by atoms with Crippen LogP contribution in [0.15, 0.2) is 24.3 Å². The highest BCUT2D eigenvalue weighted by Gasteiger charge is 2.03. The molecule has 0 atom stereocenters. The first kappa shape index (κ1) is 11.5. The van der Waals surface area contributed by atoms with Crippen LogP contribution in [0.4, 0.5) is 5.69 Å². The van der Waals surface area contributed by atoms with Gasteiger partial charge >= 0.3 is 10.1 Å². The Morgan fingerprint density at radius 3 is 2.20 bits per heavy atom. The molecule has 0 saturated heterocycles. The Labute approximate surface area is 88.2 Å². The van der Waals surface area contributed by atoms with Crippen molar-refractivity contribution in [3.63, 3.8) is 0 Å². The largest absolute Gasteiger partial charge is 0.383 e. The lowest BCUT2D eigenvalue weighted by Gasteiger charge is -2.04. The van der Waals surface area contributed by atoms with E-state index >= 15 is 0 Å². The smallest absolute Gasteiger partial charge is 0.306 e. The second-order valence-electron chi connectivity index (χ2n) is 2.99. The van der Waals surface area contributed by atoms with E-state index in [0.717, 1.165) is 6.26 Å². The summed E-state index contributed by atoms with van der Waals surface area (Å²) in [5.74, 6) is 0.0263. The fourth-order valence-corrected chi connectivity index (χ4v) is 1.43. The highest BCUT2D eigenvalue weighted by molar-refractivity contribution is 7.86. The second-order valence-corrected chi connectivity index (χ2v) is 4.57. The molecule has 0 aromatic heterocycles. The maximum absolute atomic E-state index is 10.8. The lowest BCUT2D eigenvalue weighted by molar-refractivity contribution is -0.114. The fourth-order valence-electron chi connectivity index (χ4n) is 0.972. The van der Waals surface area contributed by atoms with Crippen molar-refractivity contribution in [3.05, 3.63) is 24.3 Å². The van der Waals surface area contributed by atoms with E-state index in [1.807, 2.05) is 0 Å². The third kappa shape index (κ3) is 4.46. The number of amides is 1. The minimum absolute atomic E-state index is 0.188. The summed E-state index contributed by atoms with van der Waals surface area (Å²) in [4.78, 5) is 10.7. The number of carbonyl (C=O) groups is 1. The van der Waals surface area contributed by atoms with Crippen LogP contribution in [0.25, 0.3) is 0 Å². The number of carbonyl (C=O) groups excluding carboxylic acids is 1. The molecule has 0 aliphatic heterocycles. The summed E-state index contributed by atoms with van der Waals surface area (Å²) in [7, 11) is -3.50. The molecule has 82 valence electrons. The number of anilines is 1. The molecule has 6 heteroatoms. The van der Waals surface area contributed by atoms with Gasteiger partial charge in [0.15, 0.2) is 0 Å². The zero-order valence-electron chi connectivity index (χ0n) is 8.35. The van der Waals surface area contributed by atoms with Crippen LogP contribution >= 0.6 is 0 Å². The number of hydrogen-bond acceptors (Lipinski definition) is 4. The summed E-state index contributed by atoms with van der Waals surface area (Å²) in [5, 5.41) is 2.55. The first-order chi connectivity index (χ1) is 6.87. The topological polar surface area (TPSA) is 72.5 Å². The maximum Gasteiger partial charge on any atom is 0.306 e. The standard InChI is InChI=1S/C9H11NO4S/c1-7(11)10-8-3-5-9(6-4-8)14-15(2,12)13/h3-6H,1-2H3,(H,10,11). The highest BCUT2D eigenvalue weighted by Crippen LogP contribution is 2.16. The lowest BCUT2D eigenvalue weighted by Crippen LogP contribution is -2.07. The van der Waals surface area contributed by atoms with Gasteiger partial charge in [-0.05, 0) is 24.3 Å². The zero-order valence-corrected chi connectivity index (χ0v) is 9.17. The third-order valence-electron chi connectivity index (χ3n) is 1.42. The van der Waals surface area contributed by atoms with Crippen LogP contribution in [0.5, 0.6) is 5.75 Å². The molecule has 15 heavy (non-hydrogen) atoms. The van der Waals surface area contributed by atoms with E-state index in [0.29, 0.717) is 5.69 Å². The SMILES string of the molecule is CC(=O)Nc1ccc(OS(C)(=O)=O)cc1. The first-order valence-electron chi connectivity index (χ1n) is 4.14. The van der Waals surface area contributed by atoms with Gasteiger partial charge in [0.05, 0.1) is 6.26 Å². The van der Waals surface area contributed by atoms with Crippen molar-refractivity contribution in [2.45, 2.75) is 6.92 Å². The molecule has 0 unspecified atom stereocenters. The Morgan fingerprint density at radius 1 is 1.27 bits per heavy atom. The van der Waals surface area contributed by atoms with Gasteiger partial charge < -0.3 is 9.50 Å². The van der Waals surface area contributed by atoms with Gasteiger partial charge in [0, 0.05) is 12.6 Å². The number of hydrogen-bond donors (Lipinski definition) is 1. The molecular weight excluding hydrogens is 218 g/mol. The van der Waals surface area contributed by atoms with Gasteiger partial charge in [-0.3, -0.25) is 4.79 Å². The molecule has 0 heterocycles. The van der Waals surface area contributed by atoms with Crippen LogP contribution in [-0.2, 0) is 14.9 Å². The van der Waals surface area contributed by atoms with Crippen LogP contribution in [-0.4, -0.2) is 20.6 Å². The van der Waals surface area contributed by atoms with Gasteiger partial charge in [-0.2, -0.15) is 8.42 Å². The van der Waals surface area contributed by atoms with E-state index in [1.54, 1.807) is 12.1 Å². The van der Waals surface area contributed by atoms with E-state index in [2.05, 4.69) is 9.50 Å². The monoisotopic (exact) mass is 229 g/mol. The molecule has 0 aliphatic carbocycles. The Hall–Kier alpha value is -1.56. The lowest BCUT2D eigenvalue weighted by atomic mass is 10.3. The molecule has 0 fully saturated rings. The van der Waals surface area contributed by atoms with Crippen LogP contribution in [0.1, 0.15) is 6.92 Å². The normalized spacial score (nSPS) is 10.8. The molecule has 1 amide bonds. The Balaban J connectivity index is 2.77. The van der Waals surface area contributed by atoms with Gasteiger partial charge in [-0.15, -0.1) is 0 Å². The summed E-state index contributed by atoms with van der Waals surface area (Å²) in [5.41, 5.74) is 0.586. The average molecular weight is 229 g/mol. The van der Waals surface area contributed by atoms with Crippen LogP contribution in [0.2, 0.25) is 0 Å². The molecule has 0 aliphatic rings. The molecule has 1 aromatic rings. The van der Waals surface area contributed by atoms with E-state index in [4.69, 9.17) is 0 Å². The van der Waals surface area contributed by atoms with E-state index in [9.17, 15) is 13.2 Å². The number of nitrogens with one attached hydrogen (secondary N) is 1. The van der Waals surface area contributed by atoms with Crippen molar-refractivity contribution in [2.24, 2.45) is 0 Å². The average Bonchev–Trinajstić information content (AvgIpc) is 2.05. The highest BCUT2D eigenvalue weighted by atomic mass is 32.2. The Morgan fingerprint density at radius 2 is 1.80 bits per heavy atom. The maximum atomic E-state index is 10.8.